The van der Waals surface area contributed by atoms with Crippen LogP contribution in [-0.2, 0) is 28.6 Å². The Morgan fingerprint density at radius 1 is 0.299 bits per heavy atom. The largest absolute Gasteiger partial charge is 0.462 e. The van der Waals surface area contributed by atoms with E-state index in [-0.39, 0.29) is 31.1 Å². The Morgan fingerprint density at radius 2 is 0.537 bits per heavy atom. The summed E-state index contributed by atoms with van der Waals surface area (Å²) in [6, 6.07) is 0. The van der Waals surface area contributed by atoms with Gasteiger partial charge in [-0.2, -0.15) is 0 Å². The summed E-state index contributed by atoms with van der Waals surface area (Å²) in [4.78, 5) is 38.2. The van der Waals surface area contributed by atoms with Crippen LogP contribution < -0.4 is 0 Å². The highest BCUT2D eigenvalue weighted by molar-refractivity contribution is 5.71. The molecule has 6 nitrogen and oxygen atoms in total. The highest BCUT2D eigenvalue weighted by Crippen LogP contribution is 2.17. The third-order valence-corrected chi connectivity index (χ3v) is 13.1. The van der Waals surface area contributed by atoms with Crippen molar-refractivity contribution in [2.24, 2.45) is 0 Å². The maximum Gasteiger partial charge on any atom is 0.306 e. The molecule has 392 valence electrons. The fourth-order valence-electron chi connectivity index (χ4n) is 8.69. The molecule has 0 N–H and O–H groups in total. The van der Waals surface area contributed by atoms with Gasteiger partial charge in [0, 0.05) is 19.3 Å². The van der Waals surface area contributed by atoms with Gasteiger partial charge in [-0.3, -0.25) is 14.4 Å². The van der Waals surface area contributed by atoms with Crippen LogP contribution in [-0.4, -0.2) is 37.2 Å². The van der Waals surface area contributed by atoms with Crippen molar-refractivity contribution in [2.75, 3.05) is 13.2 Å². The maximum atomic E-state index is 12.8. The van der Waals surface area contributed by atoms with Gasteiger partial charge < -0.3 is 14.2 Å². The Balaban J connectivity index is 4.34. The van der Waals surface area contributed by atoms with E-state index in [1.54, 1.807) is 0 Å². The Kier molecular flexibility index (Phi) is 54.2. The minimum atomic E-state index is -0.779. The van der Waals surface area contributed by atoms with E-state index in [9.17, 15) is 14.4 Å². The SMILES string of the molecule is CCCCC/C=C\C/C=C\C/C=C\CCCCCCC(=O)O[C@H](COC(=O)CCCCCCCCCCCCCCC)COC(=O)CCCCCCCCCCCCCCCCCCCCC. The molecular weight excluding hydrogens is 829 g/mol. The van der Waals surface area contributed by atoms with E-state index < -0.39 is 6.10 Å². The summed E-state index contributed by atoms with van der Waals surface area (Å²) >= 11 is 0. The van der Waals surface area contributed by atoms with Gasteiger partial charge in [-0.1, -0.05) is 276 Å². The lowest BCUT2D eigenvalue weighted by Gasteiger charge is -2.18. The van der Waals surface area contributed by atoms with Gasteiger partial charge in [-0.25, -0.2) is 0 Å². The lowest BCUT2D eigenvalue weighted by atomic mass is 10.0. The van der Waals surface area contributed by atoms with Crippen molar-refractivity contribution < 1.29 is 28.6 Å². The van der Waals surface area contributed by atoms with Crippen LogP contribution in [0.5, 0.6) is 0 Å². The van der Waals surface area contributed by atoms with Gasteiger partial charge in [0.15, 0.2) is 6.10 Å². The van der Waals surface area contributed by atoms with E-state index in [2.05, 4.69) is 57.2 Å². The number of unbranched alkanes of at least 4 members (excludes halogenated alkanes) is 37. The highest BCUT2D eigenvalue weighted by atomic mass is 16.6. The average molecular weight is 942 g/mol. The Labute approximate surface area is 416 Å². The lowest BCUT2D eigenvalue weighted by molar-refractivity contribution is -0.167. The van der Waals surface area contributed by atoms with E-state index in [1.165, 1.54) is 193 Å². The first-order valence-corrected chi connectivity index (χ1v) is 29.5. The predicted octanol–water partition coefficient (Wildman–Crippen LogP) is 19.7. The number of hydrogen-bond acceptors (Lipinski definition) is 6. The number of ether oxygens (including phenoxy) is 3. The van der Waals surface area contributed by atoms with Crippen molar-refractivity contribution in [2.45, 2.75) is 322 Å². The van der Waals surface area contributed by atoms with Crippen molar-refractivity contribution >= 4 is 17.9 Å². The fraction of sp³-hybridized carbons (Fsp3) is 0.852. The summed E-state index contributed by atoms with van der Waals surface area (Å²) in [5.41, 5.74) is 0. The van der Waals surface area contributed by atoms with Crippen molar-refractivity contribution in [3.63, 3.8) is 0 Å². The first-order valence-electron chi connectivity index (χ1n) is 29.5. The van der Waals surface area contributed by atoms with Gasteiger partial charge >= 0.3 is 17.9 Å². The molecule has 0 unspecified atom stereocenters. The quantitative estimate of drug-likeness (QED) is 0.0262. The van der Waals surface area contributed by atoms with Gasteiger partial charge in [-0.05, 0) is 57.8 Å². The Bertz CT molecular complexity index is 1130. The molecule has 0 aromatic heterocycles. The summed E-state index contributed by atoms with van der Waals surface area (Å²) in [6.45, 7) is 6.64. The number of carbonyl (C=O) groups is 3. The molecule has 0 aromatic carbocycles. The second kappa shape index (κ2) is 56.2. The molecule has 0 amide bonds. The fourth-order valence-corrected chi connectivity index (χ4v) is 8.69. The van der Waals surface area contributed by atoms with Gasteiger partial charge in [0.2, 0.25) is 0 Å². The van der Waals surface area contributed by atoms with Crippen LogP contribution in [0.25, 0.3) is 0 Å². The van der Waals surface area contributed by atoms with Crippen molar-refractivity contribution in [3.8, 4) is 0 Å². The molecule has 0 bridgehead atoms. The second-order valence-electron chi connectivity index (χ2n) is 19.9. The van der Waals surface area contributed by atoms with Gasteiger partial charge in [0.1, 0.15) is 13.2 Å². The molecule has 0 spiro atoms. The summed E-state index contributed by atoms with van der Waals surface area (Å²) in [6.07, 6.45) is 67.0. The van der Waals surface area contributed by atoms with E-state index in [4.69, 9.17) is 14.2 Å². The van der Waals surface area contributed by atoms with Crippen LogP contribution in [0.1, 0.15) is 316 Å². The molecule has 0 aliphatic carbocycles. The molecule has 0 rings (SSSR count). The van der Waals surface area contributed by atoms with Crippen LogP contribution in [0.4, 0.5) is 0 Å². The first kappa shape index (κ1) is 64.6. The third kappa shape index (κ3) is 54.4. The number of hydrogen-bond donors (Lipinski definition) is 0. The van der Waals surface area contributed by atoms with Crippen LogP contribution in [0.2, 0.25) is 0 Å². The minimum Gasteiger partial charge on any atom is -0.462 e. The molecule has 0 saturated carbocycles. The van der Waals surface area contributed by atoms with Crippen molar-refractivity contribution in [3.05, 3.63) is 36.5 Å². The molecule has 0 fully saturated rings. The predicted molar refractivity (Wildman–Crippen MR) is 289 cm³/mol. The van der Waals surface area contributed by atoms with Crippen molar-refractivity contribution in [1.29, 1.82) is 0 Å². The number of esters is 3. The molecule has 0 aliphatic heterocycles. The smallest absolute Gasteiger partial charge is 0.306 e. The Morgan fingerprint density at radius 3 is 0.866 bits per heavy atom. The molecule has 6 heteroatoms. The Hall–Kier alpha value is -2.37. The van der Waals surface area contributed by atoms with Crippen LogP contribution in [0, 0.1) is 0 Å². The summed E-state index contributed by atoms with van der Waals surface area (Å²) in [7, 11) is 0. The summed E-state index contributed by atoms with van der Waals surface area (Å²) < 4.78 is 16.9. The van der Waals surface area contributed by atoms with E-state index in [0.29, 0.717) is 19.3 Å². The van der Waals surface area contributed by atoms with E-state index in [1.807, 2.05) is 0 Å². The third-order valence-electron chi connectivity index (χ3n) is 13.1. The van der Waals surface area contributed by atoms with E-state index in [0.717, 1.165) is 83.5 Å². The highest BCUT2D eigenvalue weighted by Gasteiger charge is 2.19. The molecule has 0 aromatic rings. The standard InChI is InChI=1S/C61H112O6/c1-4-7-10-13-16-19-22-25-27-29-30-32-33-36-39-42-45-48-51-54-60(63)66-57-58(56-65-59(62)53-50-47-44-41-38-35-24-21-18-15-12-9-6-3)67-61(64)55-52-49-46-43-40-37-34-31-28-26-23-20-17-14-11-8-5-2/h17,20,26,28,34,37,58H,4-16,18-19,21-25,27,29-33,35-36,38-57H2,1-3H3/b20-17-,28-26-,37-34-/t58-/m1/s1. The zero-order valence-corrected chi connectivity index (χ0v) is 44.9. The maximum absolute atomic E-state index is 12.8. The van der Waals surface area contributed by atoms with Crippen LogP contribution >= 0.6 is 0 Å². The minimum absolute atomic E-state index is 0.0764. The molecule has 0 radical (unpaired) electrons. The van der Waals surface area contributed by atoms with Gasteiger partial charge in [0.05, 0.1) is 0 Å². The van der Waals surface area contributed by atoms with Crippen LogP contribution in [0.15, 0.2) is 36.5 Å². The van der Waals surface area contributed by atoms with E-state index >= 15 is 0 Å². The topological polar surface area (TPSA) is 78.9 Å². The molecule has 0 heterocycles. The molecular formula is C61H112O6. The molecule has 0 saturated heterocycles. The molecule has 0 aliphatic rings. The number of carbonyl (C=O) groups excluding carboxylic acids is 3. The number of allylic oxidation sites excluding steroid dienone is 6. The first-order chi connectivity index (χ1) is 33.0. The number of rotatable bonds is 54. The zero-order chi connectivity index (χ0) is 48.6. The second-order valence-corrected chi connectivity index (χ2v) is 19.9. The lowest BCUT2D eigenvalue weighted by Crippen LogP contribution is -2.30. The average Bonchev–Trinajstić information content (AvgIpc) is 3.33. The van der Waals surface area contributed by atoms with Crippen molar-refractivity contribution in [1.82, 2.24) is 0 Å². The summed E-state index contributed by atoms with van der Waals surface area (Å²) in [5.74, 6) is -0.878. The normalized spacial score (nSPS) is 12.2. The van der Waals surface area contributed by atoms with Crippen LogP contribution in [0.3, 0.4) is 0 Å². The molecule has 67 heavy (non-hydrogen) atoms. The van der Waals surface area contributed by atoms with Gasteiger partial charge in [0.25, 0.3) is 0 Å². The van der Waals surface area contributed by atoms with Gasteiger partial charge in [-0.15, -0.1) is 0 Å². The molecule has 1 atom stereocenters. The monoisotopic (exact) mass is 941 g/mol. The summed E-state index contributed by atoms with van der Waals surface area (Å²) in [5, 5.41) is 0. The zero-order valence-electron chi connectivity index (χ0n) is 44.9.